The molecule has 0 unspecified atom stereocenters. The van der Waals surface area contributed by atoms with Gasteiger partial charge in [-0.15, -0.1) is 0 Å². The van der Waals surface area contributed by atoms with Crippen LogP contribution in [0, 0.1) is 19.8 Å². The average Bonchev–Trinajstić information content (AvgIpc) is 3.32. The number of rotatable bonds is 6. The second kappa shape index (κ2) is 8.96. The molecule has 3 aromatic rings. The maximum Gasteiger partial charge on any atom is 0.261 e. The van der Waals surface area contributed by atoms with Gasteiger partial charge in [0.15, 0.2) is 11.5 Å². The molecule has 3 aromatic carbocycles. The van der Waals surface area contributed by atoms with Crippen LogP contribution in [0.25, 0.3) is 0 Å². The molecule has 0 radical (unpaired) electrons. The van der Waals surface area contributed by atoms with Crippen molar-refractivity contribution in [3.63, 3.8) is 0 Å². The van der Waals surface area contributed by atoms with Crippen molar-refractivity contribution in [3.8, 4) is 11.5 Å². The maximum atomic E-state index is 13.3. The van der Waals surface area contributed by atoms with Crippen LogP contribution in [0.3, 0.4) is 0 Å². The molecule has 5 rings (SSSR count). The van der Waals surface area contributed by atoms with Crippen LogP contribution in [-0.2, 0) is 10.0 Å². The summed E-state index contributed by atoms with van der Waals surface area (Å²) in [6.45, 7) is 3.91. The Hall–Kier alpha value is -3.45. The maximum absolute atomic E-state index is 13.3. The van der Waals surface area contributed by atoms with Crippen LogP contribution in [-0.4, -0.2) is 22.6 Å². The Morgan fingerprint density at radius 2 is 1.71 bits per heavy atom. The Morgan fingerprint density at radius 3 is 2.43 bits per heavy atom. The highest BCUT2D eigenvalue weighted by atomic mass is 32.2. The molecule has 2 N–H and O–H groups in total. The monoisotopic (exact) mass is 490 g/mol. The van der Waals surface area contributed by atoms with Crippen molar-refractivity contribution in [1.82, 2.24) is 0 Å². The van der Waals surface area contributed by atoms with Gasteiger partial charge in [0.05, 0.1) is 25.2 Å². The van der Waals surface area contributed by atoms with E-state index in [1.54, 1.807) is 26.4 Å². The molecule has 0 saturated carbocycles. The molecule has 1 aliphatic heterocycles. The number of fused-ring (bicyclic) bond motifs is 3. The van der Waals surface area contributed by atoms with Gasteiger partial charge in [-0.3, -0.25) is 4.72 Å². The first kappa shape index (κ1) is 23.3. The molecule has 0 amide bonds. The smallest absolute Gasteiger partial charge is 0.261 e. The lowest BCUT2D eigenvalue weighted by Gasteiger charge is -2.38. The SMILES string of the molecule is COc1cccc([C@H]2Nc3ccc(S(=O)(=O)Nc4cc(C)cc(C)c4)cc3[C@H]3C=CC[C@H]32)c1OC. The van der Waals surface area contributed by atoms with Crippen molar-refractivity contribution in [2.24, 2.45) is 5.92 Å². The number of anilines is 2. The summed E-state index contributed by atoms with van der Waals surface area (Å²) in [5.74, 6) is 1.75. The number of allylic oxidation sites excluding steroid dienone is 2. The highest BCUT2D eigenvalue weighted by Gasteiger charge is 2.40. The molecule has 3 atom stereocenters. The molecule has 7 heteroatoms. The van der Waals surface area contributed by atoms with Crippen LogP contribution < -0.4 is 19.5 Å². The van der Waals surface area contributed by atoms with Crippen LogP contribution in [0.2, 0.25) is 0 Å². The average molecular weight is 491 g/mol. The van der Waals surface area contributed by atoms with Gasteiger partial charge in [-0.05, 0) is 79.3 Å². The number of ether oxygens (including phenoxy) is 2. The summed E-state index contributed by atoms with van der Waals surface area (Å²) in [4.78, 5) is 0.258. The lowest BCUT2D eigenvalue weighted by molar-refractivity contribution is 0.341. The first-order valence-electron chi connectivity index (χ1n) is 11.7. The molecule has 182 valence electrons. The van der Waals surface area contributed by atoms with E-state index in [2.05, 4.69) is 28.3 Å². The summed E-state index contributed by atoms with van der Waals surface area (Å²) in [6.07, 6.45) is 5.26. The van der Waals surface area contributed by atoms with Crippen molar-refractivity contribution in [1.29, 1.82) is 0 Å². The van der Waals surface area contributed by atoms with Gasteiger partial charge in [-0.2, -0.15) is 0 Å². The molecule has 0 bridgehead atoms. The molecule has 1 heterocycles. The zero-order valence-electron chi connectivity index (χ0n) is 20.3. The summed E-state index contributed by atoms with van der Waals surface area (Å²) >= 11 is 0. The fourth-order valence-electron chi connectivity index (χ4n) is 5.45. The Bertz CT molecular complexity index is 1390. The van der Waals surface area contributed by atoms with Gasteiger partial charge in [0.25, 0.3) is 10.0 Å². The third-order valence-electron chi connectivity index (χ3n) is 6.89. The van der Waals surface area contributed by atoms with Crippen LogP contribution in [0.1, 0.15) is 40.6 Å². The molecule has 0 aromatic heterocycles. The van der Waals surface area contributed by atoms with E-state index in [0.717, 1.165) is 40.1 Å². The fraction of sp³-hybridized carbons (Fsp3) is 0.286. The third-order valence-corrected chi connectivity index (χ3v) is 8.27. The van der Waals surface area contributed by atoms with Crippen molar-refractivity contribution in [2.45, 2.75) is 37.1 Å². The molecule has 6 nitrogen and oxygen atoms in total. The molecular formula is C28H30N2O4S. The standard InChI is InChI=1S/C28H30N2O4S/c1-17-13-18(2)15-19(14-17)30-35(31,32)20-11-12-25-24(16-20)21-7-5-8-22(21)27(29-25)23-9-6-10-26(33-3)28(23)34-4/h5-7,9-16,21-22,27,29-30H,8H2,1-4H3/t21-,22+,27-/m0/s1. The van der Waals surface area contributed by atoms with E-state index in [1.807, 2.05) is 50.2 Å². The second-order valence-corrected chi connectivity index (χ2v) is 11.0. The quantitative estimate of drug-likeness (QED) is 0.418. The number of para-hydroxylation sites is 1. The lowest BCUT2D eigenvalue weighted by atomic mass is 9.77. The minimum absolute atomic E-state index is 0.00315. The molecule has 0 fully saturated rings. The minimum Gasteiger partial charge on any atom is -0.493 e. The van der Waals surface area contributed by atoms with Gasteiger partial charge in [-0.1, -0.05) is 30.4 Å². The highest BCUT2D eigenvalue weighted by molar-refractivity contribution is 7.92. The van der Waals surface area contributed by atoms with Gasteiger partial charge in [0, 0.05) is 22.9 Å². The largest absolute Gasteiger partial charge is 0.493 e. The summed E-state index contributed by atoms with van der Waals surface area (Å²) in [7, 11) is -0.440. The molecule has 1 aliphatic carbocycles. The summed E-state index contributed by atoms with van der Waals surface area (Å²) in [5.41, 5.74) is 5.54. The van der Waals surface area contributed by atoms with Gasteiger partial charge < -0.3 is 14.8 Å². The Kier molecular flexibility index (Phi) is 5.97. The zero-order chi connectivity index (χ0) is 24.7. The van der Waals surface area contributed by atoms with Gasteiger partial charge in [0.1, 0.15) is 0 Å². The molecule has 2 aliphatic rings. The number of benzene rings is 3. The number of nitrogens with one attached hydrogen (secondary N) is 2. The van der Waals surface area contributed by atoms with E-state index in [4.69, 9.17) is 9.47 Å². The topological polar surface area (TPSA) is 76.7 Å². The number of aryl methyl sites for hydroxylation is 2. The van der Waals surface area contributed by atoms with Crippen LogP contribution >= 0.6 is 0 Å². The minimum atomic E-state index is -3.73. The number of hydrogen-bond donors (Lipinski definition) is 2. The van der Waals surface area contributed by atoms with Crippen LogP contribution in [0.15, 0.2) is 71.6 Å². The second-order valence-electron chi connectivity index (χ2n) is 9.29. The predicted octanol–water partition coefficient (Wildman–Crippen LogP) is 5.95. The zero-order valence-corrected chi connectivity index (χ0v) is 21.1. The Balaban J connectivity index is 1.51. The lowest BCUT2D eigenvalue weighted by Crippen LogP contribution is -2.29. The van der Waals surface area contributed by atoms with Crippen LogP contribution in [0.4, 0.5) is 11.4 Å². The first-order chi connectivity index (χ1) is 16.8. The fourth-order valence-corrected chi connectivity index (χ4v) is 6.53. The van der Waals surface area contributed by atoms with E-state index in [1.165, 1.54) is 0 Å². The number of sulfonamides is 1. The number of methoxy groups -OCH3 is 2. The summed E-state index contributed by atoms with van der Waals surface area (Å²) in [6, 6.07) is 17.0. The first-order valence-corrected chi connectivity index (χ1v) is 13.2. The van der Waals surface area contributed by atoms with Crippen molar-refractivity contribution in [2.75, 3.05) is 24.3 Å². The Morgan fingerprint density at radius 1 is 0.943 bits per heavy atom. The van der Waals surface area contributed by atoms with Crippen molar-refractivity contribution in [3.05, 3.63) is 89.0 Å². The summed E-state index contributed by atoms with van der Waals surface area (Å²) < 4.78 is 40.5. The third kappa shape index (κ3) is 4.25. The molecular weight excluding hydrogens is 460 g/mol. The normalized spacial score (nSPS) is 20.5. The molecule has 35 heavy (non-hydrogen) atoms. The van der Waals surface area contributed by atoms with E-state index in [-0.39, 0.29) is 22.8 Å². The van der Waals surface area contributed by atoms with E-state index < -0.39 is 10.0 Å². The van der Waals surface area contributed by atoms with Crippen LogP contribution in [0.5, 0.6) is 11.5 Å². The Labute approximate surface area is 207 Å². The van der Waals surface area contributed by atoms with Gasteiger partial charge in [-0.25, -0.2) is 8.42 Å². The van der Waals surface area contributed by atoms with E-state index >= 15 is 0 Å². The van der Waals surface area contributed by atoms with E-state index in [9.17, 15) is 8.42 Å². The van der Waals surface area contributed by atoms with Gasteiger partial charge >= 0.3 is 0 Å². The van der Waals surface area contributed by atoms with Crippen molar-refractivity contribution >= 4 is 21.4 Å². The van der Waals surface area contributed by atoms with E-state index in [0.29, 0.717) is 11.4 Å². The predicted molar refractivity (Wildman–Crippen MR) is 139 cm³/mol. The number of hydrogen-bond acceptors (Lipinski definition) is 5. The van der Waals surface area contributed by atoms with Gasteiger partial charge in [0.2, 0.25) is 0 Å². The highest BCUT2D eigenvalue weighted by Crippen LogP contribution is 2.52. The molecule has 0 saturated heterocycles. The summed E-state index contributed by atoms with van der Waals surface area (Å²) in [5, 5.41) is 3.66. The van der Waals surface area contributed by atoms with Crippen molar-refractivity contribution < 1.29 is 17.9 Å². The molecule has 0 spiro atoms.